The molecule has 1 N–H and O–H groups in total. The van der Waals surface area contributed by atoms with E-state index in [0.717, 1.165) is 13.0 Å². The number of nitrogens with one attached hydrogen (secondary N) is 1. The number of nitro groups is 1. The standard InChI is InChI=1S/C20H20N4O5S/c1-23-13-3-6-19(23)22-30(28,29)18-10-8-16(9-11-18)21-20(25)12-7-15-4-2-5-17(14-15)24(26)27/h2,4-5,7-12,14H,3,6,13H2,1H3,(H,21,25)/b12-7+,22-19+. The number of carbonyl (C=O) groups excluding carboxylic acids is 1. The van der Waals surface area contributed by atoms with E-state index in [1.54, 1.807) is 13.1 Å². The third-order valence-electron chi connectivity index (χ3n) is 4.49. The van der Waals surface area contributed by atoms with Crippen molar-refractivity contribution < 1.29 is 18.1 Å². The number of benzene rings is 2. The second-order valence-corrected chi connectivity index (χ2v) is 8.31. The zero-order valence-electron chi connectivity index (χ0n) is 16.2. The molecule has 0 atom stereocenters. The predicted molar refractivity (Wildman–Crippen MR) is 114 cm³/mol. The summed E-state index contributed by atoms with van der Waals surface area (Å²) in [6, 6.07) is 11.6. The van der Waals surface area contributed by atoms with Crippen LogP contribution in [0.5, 0.6) is 0 Å². The summed E-state index contributed by atoms with van der Waals surface area (Å²) in [5.41, 5.74) is 0.854. The number of amidine groups is 1. The molecule has 9 nitrogen and oxygen atoms in total. The molecule has 2 aromatic carbocycles. The topological polar surface area (TPSA) is 122 Å². The van der Waals surface area contributed by atoms with Crippen LogP contribution in [0, 0.1) is 10.1 Å². The van der Waals surface area contributed by atoms with Crippen molar-refractivity contribution >= 4 is 39.2 Å². The Bertz CT molecular complexity index is 1120. The molecular weight excluding hydrogens is 408 g/mol. The number of amides is 1. The van der Waals surface area contributed by atoms with Crippen molar-refractivity contribution in [2.45, 2.75) is 17.7 Å². The number of anilines is 1. The molecule has 1 amide bonds. The van der Waals surface area contributed by atoms with Gasteiger partial charge in [-0.25, -0.2) is 0 Å². The zero-order valence-corrected chi connectivity index (χ0v) is 17.0. The van der Waals surface area contributed by atoms with Crippen LogP contribution in [-0.4, -0.2) is 43.6 Å². The van der Waals surface area contributed by atoms with E-state index in [-0.39, 0.29) is 10.6 Å². The maximum absolute atomic E-state index is 12.4. The maximum atomic E-state index is 12.4. The molecule has 0 unspecified atom stereocenters. The third kappa shape index (κ3) is 5.29. The first-order valence-electron chi connectivity index (χ1n) is 9.13. The summed E-state index contributed by atoms with van der Waals surface area (Å²) in [7, 11) is -2.01. The molecule has 1 fully saturated rings. The first kappa shape index (κ1) is 21.2. The molecule has 0 aliphatic carbocycles. The normalized spacial score (nSPS) is 15.6. The number of nitrogens with zero attached hydrogens (tertiary/aromatic N) is 3. The van der Waals surface area contributed by atoms with E-state index in [1.807, 2.05) is 4.90 Å². The fourth-order valence-electron chi connectivity index (χ4n) is 2.91. The summed E-state index contributed by atoms with van der Waals surface area (Å²) < 4.78 is 28.8. The van der Waals surface area contributed by atoms with Gasteiger partial charge in [-0.3, -0.25) is 14.9 Å². The number of nitro benzene ring substituents is 1. The van der Waals surface area contributed by atoms with E-state index in [2.05, 4.69) is 9.71 Å². The van der Waals surface area contributed by atoms with Crippen LogP contribution in [0.15, 0.2) is 63.9 Å². The van der Waals surface area contributed by atoms with Gasteiger partial charge in [-0.05, 0) is 42.3 Å². The Labute approximate surface area is 173 Å². The van der Waals surface area contributed by atoms with Gasteiger partial charge in [0.1, 0.15) is 5.84 Å². The minimum Gasteiger partial charge on any atom is -0.362 e. The number of likely N-dealkylation sites (tertiary alicyclic amines) is 1. The van der Waals surface area contributed by atoms with Crippen LogP contribution >= 0.6 is 0 Å². The lowest BCUT2D eigenvalue weighted by Crippen LogP contribution is -2.20. The summed E-state index contributed by atoms with van der Waals surface area (Å²) in [4.78, 5) is 24.2. The van der Waals surface area contributed by atoms with Gasteiger partial charge in [-0.1, -0.05) is 12.1 Å². The van der Waals surface area contributed by atoms with Gasteiger partial charge in [0.15, 0.2) is 0 Å². The Morgan fingerprint density at radius 1 is 1.23 bits per heavy atom. The minimum atomic E-state index is -3.81. The number of non-ortho nitro benzene ring substituents is 1. The van der Waals surface area contributed by atoms with Crippen molar-refractivity contribution in [3.63, 3.8) is 0 Å². The van der Waals surface area contributed by atoms with Gasteiger partial charge < -0.3 is 10.2 Å². The number of sulfonamides is 1. The molecule has 2 aromatic rings. The number of rotatable bonds is 6. The molecule has 0 aromatic heterocycles. The largest absolute Gasteiger partial charge is 0.362 e. The van der Waals surface area contributed by atoms with E-state index in [0.29, 0.717) is 23.5 Å². The Kier molecular flexibility index (Phi) is 6.26. The van der Waals surface area contributed by atoms with Crippen molar-refractivity contribution in [3.05, 3.63) is 70.3 Å². The molecular formula is C20H20N4O5S. The summed E-state index contributed by atoms with van der Waals surface area (Å²) in [6.45, 7) is 0.781. The minimum absolute atomic E-state index is 0.0421. The number of hydrogen-bond acceptors (Lipinski definition) is 5. The van der Waals surface area contributed by atoms with Crippen molar-refractivity contribution in [1.82, 2.24) is 4.90 Å². The van der Waals surface area contributed by atoms with Crippen LogP contribution in [-0.2, 0) is 14.8 Å². The molecule has 1 heterocycles. The zero-order chi connectivity index (χ0) is 21.7. The van der Waals surface area contributed by atoms with Crippen LogP contribution in [0.25, 0.3) is 6.08 Å². The molecule has 10 heteroatoms. The van der Waals surface area contributed by atoms with Crippen molar-refractivity contribution in [3.8, 4) is 0 Å². The lowest BCUT2D eigenvalue weighted by molar-refractivity contribution is -0.384. The highest BCUT2D eigenvalue weighted by atomic mass is 32.2. The maximum Gasteiger partial charge on any atom is 0.283 e. The van der Waals surface area contributed by atoms with Crippen molar-refractivity contribution in [2.75, 3.05) is 18.9 Å². The van der Waals surface area contributed by atoms with Crippen LogP contribution in [0.4, 0.5) is 11.4 Å². The molecule has 156 valence electrons. The Morgan fingerprint density at radius 2 is 1.97 bits per heavy atom. The van der Waals surface area contributed by atoms with Gasteiger partial charge in [-0.2, -0.15) is 8.42 Å². The van der Waals surface area contributed by atoms with Gasteiger partial charge >= 0.3 is 0 Å². The quantitative estimate of drug-likeness (QED) is 0.429. The highest BCUT2D eigenvalue weighted by Crippen LogP contribution is 2.19. The summed E-state index contributed by atoms with van der Waals surface area (Å²) in [6.07, 6.45) is 4.20. The second-order valence-electron chi connectivity index (χ2n) is 6.71. The fraction of sp³-hybridized carbons (Fsp3) is 0.200. The lowest BCUT2D eigenvalue weighted by Gasteiger charge is -2.11. The summed E-state index contributed by atoms with van der Waals surface area (Å²) in [5.74, 6) is 0.0867. The fourth-order valence-corrected chi connectivity index (χ4v) is 4.00. The van der Waals surface area contributed by atoms with Crippen molar-refractivity contribution in [1.29, 1.82) is 0 Å². The van der Waals surface area contributed by atoms with E-state index in [9.17, 15) is 23.3 Å². The van der Waals surface area contributed by atoms with Gasteiger partial charge in [0.2, 0.25) is 5.91 Å². The van der Waals surface area contributed by atoms with Gasteiger partial charge in [0.05, 0.1) is 9.82 Å². The number of carbonyl (C=O) groups is 1. The average molecular weight is 428 g/mol. The Morgan fingerprint density at radius 3 is 2.60 bits per heavy atom. The van der Waals surface area contributed by atoms with E-state index < -0.39 is 20.9 Å². The van der Waals surface area contributed by atoms with E-state index in [1.165, 1.54) is 54.6 Å². The highest BCUT2D eigenvalue weighted by molar-refractivity contribution is 7.90. The molecule has 0 bridgehead atoms. The second kappa shape index (κ2) is 8.87. The summed E-state index contributed by atoms with van der Waals surface area (Å²) >= 11 is 0. The first-order chi connectivity index (χ1) is 14.2. The van der Waals surface area contributed by atoms with E-state index >= 15 is 0 Å². The van der Waals surface area contributed by atoms with Crippen LogP contribution in [0.3, 0.4) is 0 Å². The molecule has 1 aliphatic heterocycles. The predicted octanol–water partition coefficient (Wildman–Crippen LogP) is 3.06. The smallest absolute Gasteiger partial charge is 0.283 e. The average Bonchev–Trinajstić information content (AvgIpc) is 3.11. The summed E-state index contributed by atoms with van der Waals surface area (Å²) in [5, 5.41) is 13.4. The monoisotopic (exact) mass is 428 g/mol. The highest BCUT2D eigenvalue weighted by Gasteiger charge is 2.20. The van der Waals surface area contributed by atoms with Gasteiger partial charge in [-0.15, -0.1) is 4.40 Å². The van der Waals surface area contributed by atoms with Crippen LogP contribution < -0.4 is 5.32 Å². The number of hydrogen-bond donors (Lipinski definition) is 1. The van der Waals surface area contributed by atoms with Gasteiger partial charge in [0.25, 0.3) is 15.7 Å². The molecule has 1 saturated heterocycles. The van der Waals surface area contributed by atoms with E-state index in [4.69, 9.17) is 0 Å². The van der Waals surface area contributed by atoms with Gasteiger partial charge in [0, 0.05) is 43.9 Å². The van der Waals surface area contributed by atoms with Crippen molar-refractivity contribution in [2.24, 2.45) is 4.40 Å². The lowest BCUT2D eigenvalue weighted by atomic mass is 10.2. The SMILES string of the molecule is CN1CCC/C1=N\S(=O)(=O)c1ccc(NC(=O)/C=C/c2cccc([N+](=O)[O-])c2)cc1. The molecule has 3 rings (SSSR count). The Balaban J connectivity index is 1.66. The molecule has 0 spiro atoms. The third-order valence-corrected chi connectivity index (χ3v) is 5.81. The first-order valence-corrected chi connectivity index (χ1v) is 10.6. The molecule has 0 radical (unpaired) electrons. The van der Waals surface area contributed by atoms with Crippen LogP contribution in [0.1, 0.15) is 18.4 Å². The molecule has 1 aliphatic rings. The van der Waals surface area contributed by atoms with Crippen LogP contribution in [0.2, 0.25) is 0 Å². The molecule has 30 heavy (non-hydrogen) atoms. The molecule has 0 saturated carbocycles. The Hall–Kier alpha value is -3.53.